The maximum Gasteiger partial charge on any atom is 0.134 e. The van der Waals surface area contributed by atoms with Crippen molar-refractivity contribution in [2.24, 2.45) is 0 Å². The van der Waals surface area contributed by atoms with Crippen LogP contribution >= 0.6 is 11.6 Å². The van der Waals surface area contributed by atoms with Crippen LogP contribution < -0.4 is 10.1 Å². The molecule has 20 heavy (non-hydrogen) atoms. The van der Waals surface area contributed by atoms with E-state index in [0.29, 0.717) is 17.6 Å². The molecule has 1 aromatic carbocycles. The third-order valence-corrected chi connectivity index (χ3v) is 2.97. The van der Waals surface area contributed by atoms with Crippen LogP contribution in [-0.4, -0.2) is 23.1 Å². The monoisotopic (exact) mass is 291 g/mol. The summed E-state index contributed by atoms with van der Waals surface area (Å²) >= 11 is 5.90. The fraction of sp³-hybridized carbons (Fsp3) is 0.333. The zero-order valence-electron chi connectivity index (χ0n) is 11.7. The van der Waals surface area contributed by atoms with E-state index in [1.54, 1.807) is 6.07 Å². The summed E-state index contributed by atoms with van der Waals surface area (Å²) in [5.74, 6) is 2.35. The highest BCUT2D eigenvalue weighted by atomic mass is 35.5. The maximum absolute atomic E-state index is 5.90. The van der Waals surface area contributed by atoms with Gasteiger partial charge in [-0.1, -0.05) is 29.8 Å². The summed E-state index contributed by atoms with van der Waals surface area (Å²) in [5, 5.41) is 3.71. The van der Waals surface area contributed by atoms with Gasteiger partial charge in [0.2, 0.25) is 0 Å². The van der Waals surface area contributed by atoms with Crippen molar-refractivity contribution in [1.82, 2.24) is 9.97 Å². The van der Waals surface area contributed by atoms with Gasteiger partial charge < -0.3 is 10.1 Å². The maximum atomic E-state index is 5.90. The van der Waals surface area contributed by atoms with E-state index in [1.165, 1.54) is 5.56 Å². The molecule has 0 aliphatic rings. The van der Waals surface area contributed by atoms with Crippen LogP contribution in [0.15, 0.2) is 30.3 Å². The highest BCUT2D eigenvalue weighted by Gasteiger charge is 2.03. The molecule has 0 spiro atoms. The summed E-state index contributed by atoms with van der Waals surface area (Å²) in [6, 6.07) is 9.79. The topological polar surface area (TPSA) is 47.0 Å². The second-order valence-electron chi connectivity index (χ2n) is 4.34. The van der Waals surface area contributed by atoms with Crippen LogP contribution in [-0.2, 0) is 6.42 Å². The number of nitrogens with one attached hydrogen (secondary N) is 1. The van der Waals surface area contributed by atoms with Crippen LogP contribution in [0.1, 0.15) is 18.3 Å². The predicted octanol–water partition coefficient (Wildman–Crippen LogP) is 3.49. The molecular formula is C15H18ClN3O. The molecule has 1 N–H and O–H groups in total. The number of halogens is 1. The summed E-state index contributed by atoms with van der Waals surface area (Å²) in [6.45, 7) is 5.24. The number of anilines is 1. The number of rotatable bonds is 6. The number of nitrogens with zero attached hydrogens (tertiary/aromatic N) is 2. The number of benzene rings is 1. The third kappa shape index (κ3) is 4.10. The van der Waals surface area contributed by atoms with Gasteiger partial charge in [-0.05, 0) is 31.9 Å². The fourth-order valence-electron chi connectivity index (χ4n) is 1.95. The first-order valence-corrected chi connectivity index (χ1v) is 7.02. The molecule has 5 heteroatoms. The van der Waals surface area contributed by atoms with Gasteiger partial charge in [-0.15, -0.1) is 0 Å². The van der Waals surface area contributed by atoms with Gasteiger partial charge >= 0.3 is 0 Å². The van der Waals surface area contributed by atoms with Gasteiger partial charge in [0.05, 0.1) is 6.61 Å². The molecule has 0 saturated heterocycles. The average Bonchev–Trinajstić information content (AvgIpc) is 2.40. The zero-order chi connectivity index (χ0) is 14.4. The van der Waals surface area contributed by atoms with Crippen molar-refractivity contribution in [1.29, 1.82) is 0 Å². The number of ether oxygens (including phenoxy) is 1. The van der Waals surface area contributed by atoms with Gasteiger partial charge in [0.25, 0.3) is 0 Å². The van der Waals surface area contributed by atoms with Gasteiger partial charge in [0.1, 0.15) is 22.5 Å². The average molecular weight is 292 g/mol. The molecule has 106 valence electrons. The Balaban J connectivity index is 1.95. The molecule has 1 heterocycles. The molecule has 2 aromatic rings. The minimum atomic E-state index is 0.453. The van der Waals surface area contributed by atoms with E-state index >= 15 is 0 Å². The highest BCUT2D eigenvalue weighted by molar-refractivity contribution is 6.29. The summed E-state index contributed by atoms with van der Waals surface area (Å²) in [4.78, 5) is 8.32. The SMILES string of the molecule is CCOc1ccccc1CCNc1cc(Cl)nc(C)n1. The Hall–Kier alpha value is -1.81. The molecular weight excluding hydrogens is 274 g/mol. The molecule has 0 fully saturated rings. The molecule has 4 nitrogen and oxygen atoms in total. The highest BCUT2D eigenvalue weighted by Crippen LogP contribution is 2.18. The number of aryl methyl sites for hydroxylation is 1. The number of hydrogen-bond acceptors (Lipinski definition) is 4. The summed E-state index contributed by atoms with van der Waals surface area (Å²) < 4.78 is 5.60. The normalized spacial score (nSPS) is 10.3. The van der Waals surface area contributed by atoms with E-state index in [-0.39, 0.29) is 0 Å². The number of aromatic nitrogens is 2. The van der Waals surface area contributed by atoms with Crippen LogP contribution in [0.5, 0.6) is 5.75 Å². The van der Waals surface area contributed by atoms with Gasteiger partial charge in [-0.3, -0.25) is 0 Å². The molecule has 0 radical (unpaired) electrons. The Morgan fingerprint density at radius 1 is 1.25 bits per heavy atom. The smallest absolute Gasteiger partial charge is 0.134 e. The van der Waals surface area contributed by atoms with Crippen molar-refractivity contribution < 1.29 is 4.74 Å². The molecule has 0 atom stereocenters. The van der Waals surface area contributed by atoms with Crippen molar-refractivity contribution in [3.05, 3.63) is 46.9 Å². The van der Waals surface area contributed by atoms with Gasteiger partial charge in [-0.2, -0.15) is 0 Å². The summed E-state index contributed by atoms with van der Waals surface area (Å²) in [7, 11) is 0. The van der Waals surface area contributed by atoms with Crippen molar-refractivity contribution >= 4 is 17.4 Å². The lowest BCUT2D eigenvalue weighted by atomic mass is 10.1. The summed E-state index contributed by atoms with van der Waals surface area (Å²) in [5.41, 5.74) is 1.18. The molecule has 1 aromatic heterocycles. The molecule has 0 aliphatic carbocycles. The van der Waals surface area contributed by atoms with E-state index in [1.807, 2.05) is 32.0 Å². The standard InChI is InChI=1S/C15H18ClN3O/c1-3-20-13-7-5-4-6-12(13)8-9-17-15-10-14(16)18-11(2)19-15/h4-7,10H,3,8-9H2,1-2H3,(H,17,18,19). The molecule has 0 unspecified atom stereocenters. The van der Waals surface area contributed by atoms with Crippen molar-refractivity contribution in [2.45, 2.75) is 20.3 Å². The Labute approximate surface area is 124 Å². The Kier molecular flexibility index (Phi) is 5.18. The van der Waals surface area contributed by atoms with Crippen LogP contribution in [0.3, 0.4) is 0 Å². The first-order chi connectivity index (χ1) is 9.69. The van der Waals surface area contributed by atoms with Gasteiger partial charge in [0.15, 0.2) is 0 Å². The van der Waals surface area contributed by atoms with E-state index < -0.39 is 0 Å². The summed E-state index contributed by atoms with van der Waals surface area (Å²) in [6.07, 6.45) is 0.858. The van der Waals surface area contributed by atoms with E-state index in [9.17, 15) is 0 Å². The van der Waals surface area contributed by atoms with Crippen LogP contribution in [0, 0.1) is 6.92 Å². The van der Waals surface area contributed by atoms with Crippen LogP contribution in [0.2, 0.25) is 5.15 Å². The number of hydrogen-bond donors (Lipinski definition) is 1. The quantitative estimate of drug-likeness (QED) is 0.828. The minimum absolute atomic E-state index is 0.453. The Morgan fingerprint density at radius 2 is 2.05 bits per heavy atom. The predicted molar refractivity (Wildman–Crippen MR) is 81.6 cm³/mol. The van der Waals surface area contributed by atoms with Crippen molar-refractivity contribution in [3.63, 3.8) is 0 Å². The second-order valence-corrected chi connectivity index (χ2v) is 4.73. The third-order valence-electron chi connectivity index (χ3n) is 2.78. The zero-order valence-corrected chi connectivity index (χ0v) is 12.4. The van der Waals surface area contributed by atoms with Crippen molar-refractivity contribution in [2.75, 3.05) is 18.5 Å². The van der Waals surface area contributed by atoms with Crippen molar-refractivity contribution in [3.8, 4) is 5.75 Å². The number of para-hydroxylation sites is 1. The Bertz CT molecular complexity index is 555. The van der Waals surface area contributed by atoms with E-state index in [0.717, 1.165) is 24.5 Å². The molecule has 0 amide bonds. The molecule has 0 saturated carbocycles. The fourth-order valence-corrected chi connectivity index (χ4v) is 2.18. The van der Waals surface area contributed by atoms with Crippen LogP contribution in [0.4, 0.5) is 5.82 Å². The lowest BCUT2D eigenvalue weighted by Crippen LogP contribution is -2.08. The lowest BCUT2D eigenvalue weighted by molar-refractivity contribution is 0.336. The molecule has 2 rings (SSSR count). The molecule has 0 aliphatic heterocycles. The van der Waals surface area contributed by atoms with Gasteiger partial charge in [-0.25, -0.2) is 9.97 Å². The first kappa shape index (κ1) is 14.6. The van der Waals surface area contributed by atoms with Crippen LogP contribution in [0.25, 0.3) is 0 Å². The lowest BCUT2D eigenvalue weighted by Gasteiger charge is -2.11. The molecule has 0 bridgehead atoms. The first-order valence-electron chi connectivity index (χ1n) is 6.65. The largest absolute Gasteiger partial charge is 0.494 e. The van der Waals surface area contributed by atoms with E-state index in [2.05, 4.69) is 21.4 Å². The minimum Gasteiger partial charge on any atom is -0.494 e. The van der Waals surface area contributed by atoms with E-state index in [4.69, 9.17) is 16.3 Å². The van der Waals surface area contributed by atoms with Gasteiger partial charge in [0, 0.05) is 12.6 Å². The Morgan fingerprint density at radius 3 is 2.80 bits per heavy atom. The second kappa shape index (κ2) is 7.10.